The predicted octanol–water partition coefficient (Wildman–Crippen LogP) is 3.38. The molecule has 1 aliphatic rings. The van der Waals surface area contributed by atoms with Gasteiger partial charge in [0.25, 0.3) is 0 Å². The Hall–Kier alpha value is -2.23. The summed E-state index contributed by atoms with van der Waals surface area (Å²) < 4.78 is 5.48. The summed E-state index contributed by atoms with van der Waals surface area (Å²) in [5.74, 6) is -0.383. The van der Waals surface area contributed by atoms with Crippen LogP contribution in [-0.4, -0.2) is 22.8 Å². The van der Waals surface area contributed by atoms with Crippen molar-refractivity contribution in [3.63, 3.8) is 0 Å². The summed E-state index contributed by atoms with van der Waals surface area (Å²) in [7, 11) is 0. The average molecular weight is 297 g/mol. The fraction of sp³-hybridized carbons (Fsp3) is 0.389. The van der Waals surface area contributed by atoms with Gasteiger partial charge in [-0.05, 0) is 37.8 Å². The Morgan fingerprint density at radius 2 is 2.14 bits per heavy atom. The Labute approximate surface area is 129 Å². The van der Waals surface area contributed by atoms with E-state index in [1.165, 1.54) is 0 Å². The predicted molar refractivity (Wildman–Crippen MR) is 83.9 cm³/mol. The first-order valence-electron chi connectivity index (χ1n) is 7.73. The van der Waals surface area contributed by atoms with Crippen LogP contribution in [0.5, 0.6) is 0 Å². The quantitative estimate of drug-likeness (QED) is 0.815. The van der Waals surface area contributed by atoms with Gasteiger partial charge in [0, 0.05) is 17.5 Å². The topological polar surface area (TPSA) is 56.3 Å². The average Bonchev–Trinajstić information content (AvgIpc) is 2.91. The Balaban J connectivity index is 2.06. The van der Waals surface area contributed by atoms with Crippen LogP contribution < -0.4 is 0 Å². The maximum absolute atomic E-state index is 12.6. The molecule has 4 nitrogen and oxygen atoms in total. The highest BCUT2D eigenvalue weighted by Crippen LogP contribution is 2.26. The minimum Gasteiger partial charge on any atom is -0.451 e. The zero-order valence-corrected chi connectivity index (χ0v) is 12.9. The Kier molecular flexibility index (Phi) is 3.92. The molecule has 0 radical (unpaired) electrons. The van der Waals surface area contributed by atoms with E-state index in [-0.39, 0.29) is 5.78 Å². The van der Waals surface area contributed by atoms with Crippen LogP contribution in [0.3, 0.4) is 0 Å². The lowest BCUT2D eigenvalue weighted by Crippen LogP contribution is -2.23. The molecule has 0 aliphatic heterocycles. The van der Waals surface area contributed by atoms with Gasteiger partial charge in [0.2, 0.25) is 0 Å². The first-order valence-corrected chi connectivity index (χ1v) is 7.73. The molecule has 2 aromatic rings. The summed E-state index contributed by atoms with van der Waals surface area (Å²) in [5.41, 5.74) is 3.07. The van der Waals surface area contributed by atoms with Crippen LogP contribution in [0.15, 0.2) is 24.3 Å². The maximum Gasteiger partial charge on any atom is 0.339 e. The Morgan fingerprint density at radius 3 is 2.82 bits per heavy atom. The minimum atomic E-state index is -0.580. The molecule has 1 aliphatic carbocycles. The maximum atomic E-state index is 12.6. The molecule has 1 fully saturated rings. The molecule has 1 heterocycles. The molecule has 114 valence electrons. The summed E-state index contributed by atoms with van der Waals surface area (Å²) in [4.78, 5) is 29.0. The van der Waals surface area contributed by atoms with E-state index < -0.39 is 12.1 Å². The Morgan fingerprint density at radius 1 is 1.36 bits per heavy atom. The smallest absolute Gasteiger partial charge is 0.339 e. The largest absolute Gasteiger partial charge is 0.451 e. The zero-order chi connectivity index (χ0) is 15.7. The molecule has 0 N–H and O–H groups in total. The van der Waals surface area contributed by atoms with Gasteiger partial charge in [0.1, 0.15) is 0 Å². The lowest BCUT2D eigenvalue weighted by Gasteiger charge is -2.15. The summed E-state index contributed by atoms with van der Waals surface area (Å²) in [5, 5.41) is 0.785. The molecule has 22 heavy (non-hydrogen) atoms. The Bertz CT molecular complexity index is 751. The highest BCUT2D eigenvalue weighted by atomic mass is 16.5. The van der Waals surface area contributed by atoms with E-state index in [0.29, 0.717) is 18.4 Å². The van der Waals surface area contributed by atoms with Crippen LogP contribution in [-0.2, 0) is 16.0 Å². The lowest BCUT2D eigenvalue weighted by atomic mass is 10.0. The number of esters is 1. The first kappa shape index (κ1) is 14.7. The van der Waals surface area contributed by atoms with E-state index >= 15 is 0 Å². The van der Waals surface area contributed by atoms with Crippen LogP contribution in [0.1, 0.15) is 47.8 Å². The van der Waals surface area contributed by atoms with E-state index in [0.717, 1.165) is 35.0 Å². The standard InChI is InChI=1S/C18H19NO3/c1-3-13-11(2)17(12-7-4-5-8-14(12)19-13)18(21)22-16-10-6-9-15(16)20/h4-5,7-8,16H,3,6,9-10H2,1-2H3/t16-/m0/s1. The van der Waals surface area contributed by atoms with Gasteiger partial charge in [-0.3, -0.25) is 9.78 Å². The number of ketones is 1. The number of benzene rings is 1. The number of aromatic nitrogens is 1. The van der Waals surface area contributed by atoms with Gasteiger partial charge >= 0.3 is 5.97 Å². The number of hydrogen-bond acceptors (Lipinski definition) is 4. The third-order valence-electron chi connectivity index (χ3n) is 4.27. The van der Waals surface area contributed by atoms with Crippen molar-refractivity contribution in [2.24, 2.45) is 0 Å². The summed E-state index contributed by atoms with van der Waals surface area (Å²) in [6.45, 7) is 3.91. The number of carbonyl (C=O) groups is 2. The van der Waals surface area contributed by atoms with Gasteiger partial charge in [-0.2, -0.15) is 0 Å². The molecule has 1 aromatic heterocycles. The van der Waals surface area contributed by atoms with Crippen molar-refractivity contribution in [1.29, 1.82) is 0 Å². The molecule has 0 bridgehead atoms. The third kappa shape index (κ3) is 2.49. The van der Waals surface area contributed by atoms with E-state index in [1.807, 2.05) is 38.1 Å². The highest BCUT2D eigenvalue weighted by Gasteiger charge is 2.29. The number of nitrogens with zero attached hydrogens (tertiary/aromatic N) is 1. The van der Waals surface area contributed by atoms with E-state index in [4.69, 9.17) is 4.74 Å². The number of para-hydroxylation sites is 1. The van der Waals surface area contributed by atoms with Gasteiger partial charge in [0.15, 0.2) is 11.9 Å². The number of hydrogen-bond donors (Lipinski definition) is 0. The van der Waals surface area contributed by atoms with Crippen molar-refractivity contribution in [3.8, 4) is 0 Å². The van der Waals surface area contributed by atoms with Gasteiger partial charge in [-0.1, -0.05) is 25.1 Å². The van der Waals surface area contributed by atoms with Crippen molar-refractivity contribution >= 4 is 22.7 Å². The molecule has 0 amide bonds. The van der Waals surface area contributed by atoms with Crippen LogP contribution in [0.4, 0.5) is 0 Å². The number of aryl methyl sites for hydroxylation is 1. The number of Topliss-reactive ketones (excluding diaryl/α,β-unsaturated/α-hetero) is 1. The van der Waals surface area contributed by atoms with Crippen molar-refractivity contribution < 1.29 is 14.3 Å². The number of rotatable bonds is 3. The lowest BCUT2D eigenvalue weighted by molar-refractivity contribution is -0.124. The molecule has 4 heteroatoms. The van der Waals surface area contributed by atoms with Crippen molar-refractivity contribution in [3.05, 3.63) is 41.1 Å². The SMILES string of the molecule is CCc1nc2ccccc2c(C(=O)O[C@H]2CCCC2=O)c1C. The molecule has 3 rings (SSSR count). The van der Waals surface area contributed by atoms with Crippen molar-refractivity contribution in [2.45, 2.75) is 45.6 Å². The first-order chi connectivity index (χ1) is 10.6. The van der Waals surface area contributed by atoms with Crippen molar-refractivity contribution in [1.82, 2.24) is 4.98 Å². The summed E-state index contributed by atoms with van der Waals surface area (Å²) in [6, 6.07) is 7.56. The molecule has 0 unspecified atom stereocenters. The zero-order valence-electron chi connectivity index (χ0n) is 12.9. The van der Waals surface area contributed by atoms with Crippen molar-refractivity contribution in [2.75, 3.05) is 0 Å². The number of fused-ring (bicyclic) bond motifs is 1. The van der Waals surface area contributed by atoms with Crippen LogP contribution >= 0.6 is 0 Å². The second-order valence-corrected chi connectivity index (χ2v) is 5.68. The number of ether oxygens (including phenoxy) is 1. The van der Waals surface area contributed by atoms with Gasteiger partial charge in [0.05, 0.1) is 11.1 Å². The fourth-order valence-electron chi connectivity index (χ4n) is 3.06. The number of pyridine rings is 1. The number of carbonyl (C=O) groups excluding carboxylic acids is 2. The molecule has 1 aromatic carbocycles. The minimum absolute atomic E-state index is 0.0279. The molecule has 1 saturated carbocycles. The third-order valence-corrected chi connectivity index (χ3v) is 4.27. The molecular formula is C18H19NO3. The molecule has 1 atom stereocenters. The molecule has 0 saturated heterocycles. The van der Waals surface area contributed by atoms with Crippen LogP contribution in [0, 0.1) is 6.92 Å². The fourth-order valence-corrected chi connectivity index (χ4v) is 3.06. The van der Waals surface area contributed by atoms with Gasteiger partial charge < -0.3 is 4.74 Å². The normalized spacial score (nSPS) is 17.9. The second kappa shape index (κ2) is 5.87. The molecule has 0 spiro atoms. The van der Waals surface area contributed by atoms with Crippen LogP contribution in [0.25, 0.3) is 10.9 Å². The van der Waals surface area contributed by atoms with E-state index in [1.54, 1.807) is 0 Å². The summed E-state index contributed by atoms with van der Waals surface area (Å²) >= 11 is 0. The monoisotopic (exact) mass is 297 g/mol. The van der Waals surface area contributed by atoms with Crippen LogP contribution in [0.2, 0.25) is 0 Å². The summed E-state index contributed by atoms with van der Waals surface area (Å²) in [6.07, 6.45) is 2.11. The second-order valence-electron chi connectivity index (χ2n) is 5.68. The van der Waals surface area contributed by atoms with Gasteiger partial charge in [-0.15, -0.1) is 0 Å². The molecular weight excluding hydrogens is 278 g/mol. The van der Waals surface area contributed by atoms with E-state index in [2.05, 4.69) is 4.98 Å². The van der Waals surface area contributed by atoms with Gasteiger partial charge in [-0.25, -0.2) is 4.79 Å². The van der Waals surface area contributed by atoms with E-state index in [9.17, 15) is 9.59 Å². The highest BCUT2D eigenvalue weighted by molar-refractivity contribution is 6.05.